The van der Waals surface area contributed by atoms with Gasteiger partial charge in [-0.05, 0) is 50.2 Å². The van der Waals surface area contributed by atoms with Crippen molar-refractivity contribution in [3.05, 3.63) is 41.0 Å². The highest BCUT2D eigenvalue weighted by molar-refractivity contribution is 7.17. The Morgan fingerprint density at radius 2 is 2.00 bits per heavy atom. The normalized spacial score (nSPS) is 17.6. The van der Waals surface area contributed by atoms with E-state index < -0.39 is 0 Å². The number of aliphatic hydroxyl groups excluding tert-OH is 1. The number of rotatable bonds is 5. The number of nitrogens with zero attached hydrogens (tertiary/aromatic N) is 3. The van der Waals surface area contributed by atoms with Gasteiger partial charge in [0.15, 0.2) is 0 Å². The lowest BCUT2D eigenvalue weighted by Crippen LogP contribution is -2.41. The molecule has 1 fully saturated rings. The molecule has 0 spiro atoms. The van der Waals surface area contributed by atoms with Gasteiger partial charge < -0.3 is 10.0 Å². The highest BCUT2D eigenvalue weighted by Crippen LogP contribution is 2.40. The molecule has 3 aromatic rings. The van der Waals surface area contributed by atoms with Gasteiger partial charge >= 0.3 is 0 Å². The van der Waals surface area contributed by atoms with Crippen LogP contribution in [0.1, 0.15) is 44.0 Å². The summed E-state index contributed by atoms with van der Waals surface area (Å²) in [4.78, 5) is 13.1. The number of anilines is 1. The molecule has 0 aliphatic carbocycles. The summed E-state index contributed by atoms with van der Waals surface area (Å²) in [6, 6.07) is 9.21. The van der Waals surface area contributed by atoms with Crippen LogP contribution in [0.25, 0.3) is 21.3 Å². The molecule has 1 aliphatic heterocycles. The fraction of sp³-hybridized carbons (Fsp3) is 0.455. The number of thiophene rings is 1. The van der Waals surface area contributed by atoms with Crippen LogP contribution in [0, 0.1) is 6.92 Å². The molecule has 142 valence electrons. The van der Waals surface area contributed by atoms with Crippen LogP contribution in [0.2, 0.25) is 0 Å². The zero-order valence-corrected chi connectivity index (χ0v) is 16.9. The Balaban J connectivity index is 1.85. The average Bonchev–Trinajstić information content (AvgIpc) is 3.12. The van der Waals surface area contributed by atoms with Gasteiger partial charge in [-0.1, -0.05) is 31.2 Å². The van der Waals surface area contributed by atoms with Gasteiger partial charge in [-0.3, -0.25) is 0 Å². The van der Waals surface area contributed by atoms with Gasteiger partial charge in [0.2, 0.25) is 0 Å². The van der Waals surface area contributed by atoms with Gasteiger partial charge in [-0.15, -0.1) is 11.3 Å². The first-order valence-electron chi connectivity index (χ1n) is 9.94. The molecule has 5 heteroatoms. The zero-order valence-electron chi connectivity index (χ0n) is 16.1. The van der Waals surface area contributed by atoms with Gasteiger partial charge in [0, 0.05) is 30.1 Å². The lowest BCUT2D eigenvalue weighted by Gasteiger charge is -2.37. The maximum atomic E-state index is 9.54. The minimum Gasteiger partial charge on any atom is -0.396 e. The predicted molar refractivity (Wildman–Crippen MR) is 114 cm³/mol. The Morgan fingerprint density at radius 3 is 2.74 bits per heavy atom. The number of aromatic nitrogens is 2. The lowest BCUT2D eigenvalue weighted by molar-refractivity contribution is 0.262. The summed E-state index contributed by atoms with van der Waals surface area (Å²) in [6.07, 6.45) is 5.38. The second kappa shape index (κ2) is 7.95. The Labute approximate surface area is 164 Å². The molecule has 4 nitrogen and oxygen atoms in total. The molecular weight excluding hydrogens is 354 g/mol. The van der Waals surface area contributed by atoms with Gasteiger partial charge in [-0.2, -0.15) is 0 Å². The van der Waals surface area contributed by atoms with E-state index in [9.17, 15) is 5.11 Å². The van der Waals surface area contributed by atoms with Crippen molar-refractivity contribution in [2.75, 3.05) is 18.1 Å². The quantitative estimate of drug-likeness (QED) is 0.678. The van der Waals surface area contributed by atoms with E-state index in [1.54, 1.807) is 11.3 Å². The van der Waals surface area contributed by atoms with E-state index in [0.717, 1.165) is 42.3 Å². The molecule has 1 saturated heterocycles. The Kier molecular flexibility index (Phi) is 5.41. The predicted octanol–water partition coefficient (Wildman–Crippen LogP) is 4.97. The topological polar surface area (TPSA) is 49.2 Å². The maximum Gasteiger partial charge on any atom is 0.141 e. The number of fused-ring (bicyclic) bond motifs is 1. The Hall–Kier alpha value is -1.98. The van der Waals surface area contributed by atoms with Crippen molar-refractivity contribution >= 4 is 27.4 Å². The van der Waals surface area contributed by atoms with E-state index in [2.05, 4.69) is 41.5 Å². The highest BCUT2D eigenvalue weighted by atomic mass is 32.1. The minimum absolute atomic E-state index is 0.226. The van der Waals surface area contributed by atoms with Crippen LogP contribution < -0.4 is 4.90 Å². The van der Waals surface area contributed by atoms with Crippen LogP contribution in [-0.2, 0) is 6.42 Å². The van der Waals surface area contributed by atoms with Gasteiger partial charge in [0.1, 0.15) is 16.5 Å². The van der Waals surface area contributed by atoms with E-state index in [1.807, 2.05) is 6.92 Å². The molecular formula is C22H27N3OS. The molecule has 2 aromatic heterocycles. The molecule has 0 amide bonds. The third-order valence-electron chi connectivity index (χ3n) is 5.56. The van der Waals surface area contributed by atoms with Crippen LogP contribution in [-0.4, -0.2) is 34.3 Å². The van der Waals surface area contributed by atoms with Gasteiger partial charge in [0.05, 0.1) is 5.39 Å². The fourth-order valence-corrected chi connectivity index (χ4v) is 5.08. The number of piperidine rings is 1. The van der Waals surface area contributed by atoms with E-state index in [0.29, 0.717) is 6.04 Å². The van der Waals surface area contributed by atoms with E-state index in [1.165, 1.54) is 34.9 Å². The molecule has 1 unspecified atom stereocenters. The number of benzene rings is 1. The molecule has 27 heavy (non-hydrogen) atoms. The molecule has 0 radical (unpaired) electrons. The van der Waals surface area contributed by atoms with Gasteiger partial charge in [0.25, 0.3) is 0 Å². The fourth-order valence-electron chi connectivity index (χ4n) is 4.10. The summed E-state index contributed by atoms with van der Waals surface area (Å²) in [5.74, 6) is 1.87. The average molecular weight is 382 g/mol. The van der Waals surface area contributed by atoms with Gasteiger partial charge in [-0.25, -0.2) is 9.97 Å². The van der Waals surface area contributed by atoms with Crippen molar-refractivity contribution in [1.82, 2.24) is 9.97 Å². The summed E-state index contributed by atoms with van der Waals surface area (Å²) >= 11 is 1.70. The monoisotopic (exact) mass is 381 g/mol. The molecule has 0 saturated carbocycles. The molecule has 3 heterocycles. The van der Waals surface area contributed by atoms with E-state index in [4.69, 9.17) is 9.97 Å². The van der Waals surface area contributed by atoms with Crippen LogP contribution >= 0.6 is 11.3 Å². The van der Waals surface area contributed by atoms with Crippen LogP contribution in [0.15, 0.2) is 29.6 Å². The minimum atomic E-state index is 0.226. The SMILES string of the molecule is CCc1ccc(-c2csc3nc(C)nc(N4CCCCC4CCO)c23)cc1. The molecule has 1 N–H and O–H groups in total. The smallest absolute Gasteiger partial charge is 0.141 e. The lowest BCUT2D eigenvalue weighted by atomic mass is 9.98. The maximum absolute atomic E-state index is 9.54. The molecule has 4 rings (SSSR count). The van der Waals surface area contributed by atoms with Crippen molar-refractivity contribution in [3.8, 4) is 11.1 Å². The number of aryl methyl sites for hydroxylation is 2. The van der Waals surface area contributed by atoms with Crippen LogP contribution in [0.3, 0.4) is 0 Å². The summed E-state index contributed by atoms with van der Waals surface area (Å²) in [5.41, 5.74) is 3.80. The summed E-state index contributed by atoms with van der Waals surface area (Å²) in [6.45, 7) is 5.38. The molecule has 1 aromatic carbocycles. The Morgan fingerprint density at radius 1 is 1.19 bits per heavy atom. The molecule has 1 atom stereocenters. The van der Waals surface area contributed by atoms with Crippen molar-refractivity contribution in [2.45, 2.75) is 52.0 Å². The van der Waals surface area contributed by atoms with Crippen molar-refractivity contribution in [1.29, 1.82) is 0 Å². The van der Waals surface area contributed by atoms with Crippen molar-refractivity contribution in [3.63, 3.8) is 0 Å². The van der Waals surface area contributed by atoms with Crippen molar-refractivity contribution < 1.29 is 5.11 Å². The number of hydrogen-bond donors (Lipinski definition) is 1. The van der Waals surface area contributed by atoms with E-state index >= 15 is 0 Å². The van der Waals surface area contributed by atoms with Crippen molar-refractivity contribution in [2.24, 2.45) is 0 Å². The second-order valence-electron chi connectivity index (χ2n) is 7.33. The van der Waals surface area contributed by atoms with Crippen LogP contribution in [0.4, 0.5) is 5.82 Å². The zero-order chi connectivity index (χ0) is 18.8. The first-order valence-corrected chi connectivity index (χ1v) is 10.8. The van der Waals surface area contributed by atoms with E-state index in [-0.39, 0.29) is 6.61 Å². The second-order valence-corrected chi connectivity index (χ2v) is 8.19. The first-order chi connectivity index (χ1) is 13.2. The molecule has 0 bridgehead atoms. The third-order valence-corrected chi connectivity index (χ3v) is 6.43. The number of hydrogen-bond acceptors (Lipinski definition) is 5. The third kappa shape index (κ3) is 3.58. The standard InChI is InChI=1S/C22H27N3OS/c1-3-16-7-9-17(10-8-16)19-14-27-22-20(19)21(23-15(2)24-22)25-12-5-4-6-18(25)11-13-26/h7-10,14,18,26H,3-6,11-13H2,1-2H3. The summed E-state index contributed by atoms with van der Waals surface area (Å²) in [7, 11) is 0. The largest absolute Gasteiger partial charge is 0.396 e. The molecule has 1 aliphatic rings. The number of aliphatic hydroxyl groups is 1. The van der Waals surface area contributed by atoms with Crippen LogP contribution in [0.5, 0.6) is 0 Å². The summed E-state index contributed by atoms with van der Waals surface area (Å²) in [5, 5.41) is 12.9. The first kappa shape index (κ1) is 18.4. The summed E-state index contributed by atoms with van der Waals surface area (Å²) < 4.78 is 0. The Bertz CT molecular complexity index is 917. The highest BCUT2D eigenvalue weighted by Gasteiger charge is 2.27.